The van der Waals surface area contributed by atoms with Crippen molar-refractivity contribution < 1.29 is 21.9 Å². The third-order valence-corrected chi connectivity index (χ3v) is 4.80. The van der Waals surface area contributed by atoms with Crippen molar-refractivity contribution in [3.63, 3.8) is 0 Å². The highest BCUT2D eigenvalue weighted by Crippen LogP contribution is 2.37. The molecule has 2 rings (SSSR count). The maximum absolute atomic E-state index is 12.8. The summed E-state index contributed by atoms with van der Waals surface area (Å²) in [4.78, 5) is 7.46. The fraction of sp³-hybridized carbons (Fsp3) is 0.333. The predicted molar refractivity (Wildman–Crippen MR) is 86.7 cm³/mol. The van der Waals surface area contributed by atoms with Crippen LogP contribution in [0.15, 0.2) is 24.4 Å². The van der Waals surface area contributed by atoms with E-state index in [0.29, 0.717) is 17.3 Å². The van der Waals surface area contributed by atoms with Gasteiger partial charge in [-0.2, -0.15) is 13.2 Å². The number of anilines is 1. The van der Waals surface area contributed by atoms with Crippen LogP contribution in [0.2, 0.25) is 0 Å². The van der Waals surface area contributed by atoms with Gasteiger partial charge in [0.05, 0.1) is 4.75 Å². The number of nitrogens with zero attached hydrogens (tertiary/aromatic N) is 2. The zero-order valence-electron chi connectivity index (χ0n) is 13.4. The summed E-state index contributed by atoms with van der Waals surface area (Å²) in [5.74, 6) is -0.836. The number of hydrogen-bond donors (Lipinski definition) is 2. The standard InChI is InChI=1S/C15H17F3N4O2S/c1-14(2,25(23)24)10-4-3-8(6-19)5-9(10)13-21-7-11(12(20)22-13)15(16,17)18/h3-5,7H,6,19H2,1-2H3,(H,23,24)(H2,20,21,22)/p-1. The monoisotopic (exact) mass is 373 g/mol. The molecule has 0 bridgehead atoms. The number of nitrogen functional groups attached to an aromatic ring is 1. The van der Waals surface area contributed by atoms with E-state index in [1.807, 2.05) is 0 Å². The Morgan fingerprint density at radius 1 is 1.24 bits per heavy atom. The predicted octanol–water partition coefficient (Wildman–Crippen LogP) is 2.32. The lowest BCUT2D eigenvalue weighted by Gasteiger charge is -2.30. The van der Waals surface area contributed by atoms with Crippen molar-refractivity contribution in [3.8, 4) is 11.4 Å². The molecule has 0 amide bonds. The van der Waals surface area contributed by atoms with Gasteiger partial charge in [-0.05, 0) is 42.1 Å². The number of nitrogens with two attached hydrogens (primary N) is 2. The van der Waals surface area contributed by atoms with E-state index in [9.17, 15) is 21.9 Å². The molecule has 1 aromatic carbocycles. The topological polar surface area (TPSA) is 118 Å². The van der Waals surface area contributed by atoms with Gasteiger partial charge in [-0.3, -0.25) is 4.21 Å². The first-order chi connectivity index (χ1) is 11.5. The highest BCUT2D eigenvalue weighted by atomic mass is 32.2. The summed E-state index contributed by atoms with van der Waals surface area (Å²) in [5.41, 5.74) is 11.1. The normalized spacial score (nSPS) is 13.7. The Morgan fingerprint density at radius 3 is 2.36 bits per heavy atom. The SMILES string of the molecule is CC(C)(c1ccc(CN)cc1-c1ncc(C(F)(F)F)c(N)n1)S(=O)[O-]. The average Bonchev–Trinajstić information content (AvgIpc) is 2.52. The highest BCUT2D eigenvalue weighted by Gasteiger charge is 2.35. The largest absolute Gasteiger partial charge is 0.772 e. The lowest BCUT2D eigenvalue weighted by molar-refractivity contribution is -0.137. The average molecular weight is 373 g/mol. The zero-order valence-corrected chi connectivity index (χ0v) is 14.2. The van der Waals surface area contributed by atoms with Gasteiger partial charge in [0, 0.05) is 18.3 Å². The lowest BCUT2D eigenvalue weighted by Crippen LogP contribution is -2.25. The number of rotatable bonds is 4. The highest BCUT2D eigenvalue weighted by molar-refractivity contribution is 7.80. The van der Waals surface area contributed by atoms with Crippen LogP contribution in [0, 0.1) is 0 Å². The Labute approximate surface area is 144 Å². The summed E-state index contributed by atoms with van der Waals surface area (Å²) >= 11 is -2.49. The molecule has 1 heterocycles. The first-order valence-electron chi connectivity index (χ1n) is 7.11. The van der Waals surface area contributed by atoms with Crippen LogP contribution in [0.3, 0.4) is 0 Å². The first-order valence-corrected chi connectivity index (χ1v) is 8.19. The fourth-order valence-corrected chi connectivity index (χ4v) is 2.62. The molecule has 0 radical (unpaired) electrons. The van der Waals surface area contributed by atoms with Gasteiger partial charge < -0.3 is 16.0 Å². The van der Waals surface area contributed by atoms with E-state index in [1.165, 1.54) is 13.8 Å². The van der Waals surface area contributed by atoms with Crippen LogP contribution >= 0.6 is 0 Å². The molecule has 0 aliphatic heterocycles. The molecule has 0 fully saturated rings. The Hall–Kier alpha value is -2.04. The van der Waals surface area contributed by atoms with Crippen LogP contribution in [-0.4, -0.2) is 18.7 Å². The summed E-state index contributed by atoms with van der Waals surface area (Å²) in [6, 6.07) is 4.73. The van der Waals surface area contributed by atoms with Crippen LogP contribution < -0.4 is 11.5 Å². The second-order valence-corrected chi connectivity index (χ2v) is 7.31. The summed E-state index contributed by atoms with van der Waals surface area (Å²) in [6.45, 7) is 3.08. The van der Waals surface area contributed by atoms with Crippen LogP contribution in [0.25, 0.3) is 11.4 Å². The summed E-state index contributed by atoms with van der Waals surface area (Å²) in [5, 5.41) is 0. The smallest absolute Gasteiger partial charge is 0.421 e. The maximum Gasteiger partial charge on any atom is 0.421 e. The molecule has 0 saturated carbocycles. The van der Waals surface area contributed by atoms with Crippen LogP contribution in [0.4, 0.5) is 19.0 Å². The molecule has 1 unspecified atom stereocenters. The molecular formula is C15H16F3N4O2S-. The summed E-state index contributed by atoms with van der Waals surface area (Å²) < 4.78 is 60.3. The van der Waals surface area contributed by atoms with E-state index in [2.05, 4.69) is 9.97 Å². The number of hydrogen-bond acceptors (Lipinski definition) is 6. The molecule has 4 N–H and O–H groups in total. The summed E-state index contributed by atoms with van der Waals surface area (Å²) in [6.07, 6.45) is -4.10. The molecule has 1 aromatic heterocycles. The fourth-order valence-electron chi connectivity index (χ4n) is 2.26. The van der Waals surface area contributed by atoms with Gasteiger partial charge in [0.15, 0.2) is 5.82 Å². The van der Waals surface area contributed by atoms with Crippen LogP contribution in [0.5, 0.6) is 0 Å². The molecule has 0 aliphatic rings. The van der Waals surface area contributed by atoms with Crippen molar-refractivity contribution in [2.75, 3.05) is 5.73 Å². The molecule has 1 atom stereocenters. The summed E-state index contributed by atoms with van der Waals surface area (Å²) in [7, 11) is 0. The van der Waals surface area contributed by atoms with Gasteiger partial charge >= 0.3 is 6.18 Å². The van der Waals surface area contributed by atoms with E-state index in [0.717, 1.165) is 0 Å². The van der Waals surface area contributed by atoms with Gasteiger partial charge in [0.25, 0.3) is 0 Å². The van der Waals surface area contributed by atoms with Crippen molar-refractivity contribution in [2.24, 2.45) is 5.73 Å². The third kappa shape index (κ3) is 3.80. The minimum absolute atomic E-state index is 0.102. The van der Waals surface area contributed by atoms with Crippen LogP contribution in [-0.2, 0) is 28.5 Å². The molecule has 10 heteroatoms. The number of aromatic nitrogens is 2. The second-order valence-electron chi connectivity index (χ2n) is 5.82. The number of alkyl halides is 3. The van der Waals surface area contributed by atoms with Crippen molar-refractivity contribution in [2.45, 2.75) is 31.3 Å². The van der Waals surface area contributed by atoms with E-state index in [4.69, 9.17) is 11.5 Å². The van der Waals surface area contributed by atoms with Crippen molar-refractivity contribution in [3.05, 3.63) is 41.1 Å². The molecule has 0 spiro atoms. The second kappa shape index (κ2) is 6.70. The zero-order chi connectivity index (χ0) is 19.0. The minimum Gasteiger partial charge on any atom is -0.772 e. The Morgan fingerprint density at radius 2 is 1.88 bits per heavy atom. The minimum atomic E-state index is -4.68. The van der Waals surface area contributed by atoms with E-state index in [-0.39, 0.29) is 17.9 Å². The van der Waals surface area contributed by atoms with Crippen molar-refractivity contribution in [1.82, 2.24) is 9.97 Å². The van der Waals surface area contributed by atoms with Gasteiger partial charge in [-0.25, -0.2) is 9.97 Å². The Balaban J connectivity index is 2.69. The van der Waals surface area contributed by atoms with E-state index < -0.39 is 33.4 Å². The molecule has 0 aliphatic carbocycles. The third-order valence-electron chi connectivity index (χ3n) is 3.75. The van der Waals surface area contributed by atoms with Gasteiger partial charge in [-0.15, -0.1) is 0 Å². The molecule has 136 valence electrons. The van der Waals surface area contributed by atoms with Crippen molar-refractivity contribution in [1.29, 1.82) is 0 Å². The molecule has 0 saturated heterocycles. The molecule has 6 nitrogen and oxygen atoms in total. The van der Waals surface area contributed by atoms with Gasteiger partial charge in [0.2, 0.25) is 0 Å². The van der Waals surface area contributed by atoms with Gasteiger partial charge in [-0.1, -0.05) is 12.1 Å². The number of benzene rings is 1. The molecule has 2 aromatic rings. The van der Waals surface area contributed by atoms with E-state index in [1.54, 1.807) is 18.2 Å². The lowest BCUT2D eigenvalue weighted by atomic mass is 9.94. The first kappa shape index (κ1) is 19.3. The van der Waals surface area contributed by atoms with Gasteiger partial charge in [0.1, 0.15) is 11.4 Å². The Bertz CT molecular complexity index is 825. The molecular weight excluding hydrogens is 357 g/mol. The number of halogens is 3. The van der Waals surface area contributed by atoms with E-state index >= 15 is 0 Å². The van der Waals surface area contributed by atoms with Crippen molar-refractivity contribution >= 4 is 16.9 Å². The Kier molecular flexibility index (Phi) is 5.17. The quantitative estimate of drug-likeness (QED) is 0.794. The molecule has 25 heavy (non-hydrogen) atoms. The maximum atomic E-state index is 12.8. The van der Waals surface area contributed by atoms with Crippen LogP contribution in [0.1, 0.15) is 30.5 Å².